The molecule has 0 radical (unpaired) electrons. The Bertz CT molecular complexity index is 578. The summed E-state index contributed by atoms with van der Waals surface area (Å²) in [6.45, 7) is 5.52. The zero-order valence-corrected chi connectivity index (χ0v) is 14.0. The highest BCUT2D eigenvalue weighted by Crippen LogP contribution is 2.38. The smallest absolute Gasteiger partial charge is 0.119 e. The van der Waals surface area contributed by atoms with Gasteiger partial charge in [-0.25, -0.2) is 0 Å². The molecule has 0 fully saturated rings. The molecule has 2 atom stereocenters. The number of hydrogen-bond donors (Lipinski definition) is 2. The fraction of sp³-hybridized carbons (Fsp3) is 0.400. The van der Waals surface area contributed by atoms with Crippen molar-refractivity contribution in [1.29, 1.82) is 0 Å². The minimum Gasteiger partial charge on any atom is -0.508 e. The summed E-state index contributed by atoms with van der Waals surface area (Å²) < 4.78 is 5.56. The summed E-state index contributed by atoms with van der Waals surface area (Å²) in [4.78, 5) is 0. The van der Waals surface area contributed by atoms with Gasteiger partial charge in [0.2, 0.25) is 0 Å². The Morgan fingerprint density at radius 1 is 0.870 bits per heavy atom. The number of rotatable bonds is 8. The van der Waals surface area contributed by atoms with E-state index in [-0.39, 0.29) is 0 Å². The molecule has 3 N–H and O–H groups in total. The third-order valence-electron chi connectivity index (χ3n) is 4.38. The third kappa shape index (κ3) is 4.49. The van der Waals surface area contributed by atoms with Crippen LogP contribution >= 0.6 is 0 Å². The van der Waals surface area contributed by atoms with E-state index in [0.717, 1.165) is 18.6 Å². The maximum atomic E-state index is 9.50. The molecule has 0 aliphatic rings. The van der Waals surface area contributed by atoms with E-state index in [1.165, 1.54) is 11.1 Å². The molecule has 0 amide bonds. The summed E-state index contributed by atoms with van der Waals surface area (Å²) in [5.74, 6) is 2.08. The van der Waals surface area contributed by atoms with Crippen LogP contribution in [0.25, 0.3) is 0 Å². The predicted molar refractivity (Wildman–Crippen MR) is 95.2 cm³/mol. The first kappa shape index (κ1) is 17.4. The second-order valence-corrected chi connectivity index (χ2v) is 5.83. The number of aromatic hydroxyl groups is 1. The fourth-order valence-corrected chi connectivity index (χ4v) is 3.21. The summed E-state index contributed by atoms with van der Waals surface area (Å²) in [6, 6.07) is 16.0. The van der Waals surface area contributed by atoms with Gasteiger partial charge in [-0.05, 0) is 60.1 Å². The largest absolute Gasteiger partial charge is 0.508 e. The summed E-state index contributed by atoms with van der Waals surface area (Å²) in [5, 5.41) is 9.50. The van der Waals surface area contributed by atoms with Gasteiger partial charge in [-0.15, -0.1) is 0 Å². The molecule has 3 nitrogen and oxygen atoms in total. The van der Waals surface area contributed by atoms with Crippen LogP contribution < -0.4 is 10.5 Å². The van der Waals surface area contributed by atoms with Crippen LogP contribution in [0.15, 0.2) is 48.5 Å². The summed E-state index contributed by atoms with van der Waals surface area (Å²) in [5.41, 5.74) is 8.07. The normalized spacial score (nSPS) is 13.5. The van der Waals surface area contributed by atoms with Crippen LogP contribution in [0, 0.1) is 0 Å². The zero-order valence-electron chi connectivity index (χ0n) is 14.0. The molecule has 0 heterocycles. The van der Waals surface area contributed by atoms with E-state index >= 15 is 0 Å². The molecule has 23 heavy (non-hydrogen) atoms. The van der Waals surface area contributed by atoms with Crippen LogP contribution in [0.1, 0.15) is 49.7 Å². The van der Waals surface area contributed by atoms with Crippen molar-refractivity contribution in [3.63, 3.8) is 0 Å². The Balaban J connectivity index is 2.20. The van der Waals surface area contributed by atoms with Crippen LogP contribution in [-0.2, 0) is 0 Å². The van der Waals surface area contributed by atoms with E-state index in [1.807, 2.05) is 24.3 Å². The number of phenolic OH excluding ortho intramolecular Hbond substituents is 1. The standard InChI is InChI=1S/C20H27NO2/c1-3-19(15-5-9-17(22)10-6-15)20(4-2)16-7-11-18(12-8-16)23-14-13-21/h5-12,19-20,22H,3-4,13-14,21H2,1-2H3. The minimum absolute atomic E-state index is 0.318. The van der Waals surface area contributed by atoms with Crippen LogP contribution in [0.5, 0.6) is 11.5 Å². The molecule has 2 aromatic carbocycles. The predicted octanol–water partition coefficient (Wildman–Crippen LogP) is 4.42. The average Bonchev–Trinajstić information content (AvgIpc) is 2.59. The first-order valence-electron chi connectivity index (χ1n) is 8.41. The van der Waals surface area contributed by atoms with Crippen molar-refractivity contribution < 1.29 is 9.84 Å². The molecule has 2 aromatic rings. The molecule has 0 spiro atoms. The lowest BCUT2D eigenvalue weighted by atomic mass is 9.78. The summed E-state index contributed by atoms with van der Waals surface area (Å²) in [7, 11) is 0. The van der Waals surface area contributed by atoms with Crippen LogP contribution in [0.4, 0.5) is 0 Å². The second kappa shape index (κ2) is 8.59. The van der Waals surface area contributed by atoms with E-state index in [9.17, 15) is 5.11 Å². The minimum atomic E-state index is 0.318. The first-order chi connectivity index (χ1) is 11.2. The highest BCUT2D eigenvalue weighted by Gasteiger charge is 2.22. The van der Waals surface area contributed by atoms with Gasteiger partial charge in [0.05, 0.1) is 0 Å². The van der Waals surface area contributed by atoms with Crippen LogP contribution in [0.3, 0.4) is 0 Å². The van der Waals surface area contributed by atoms with E-state index < -0.39 is 0 Å². The topological polar surface area (TPSA) is 55.5 Å². The number of benzene rings is 2. The van der Waals surface area contributed by atoms with Crippen LogP contribution in [-0.4, -0.2) is 18.3 Å². The van der Waals surface area contributed by atoms with Gasteiger partial charge in [0.25, 0.3) is 0 Å². The van der Waals surface area contributed by atoms with Gasteiger partial charge in [-0.2, -0.15) is 0 Å². The molecule has 0 bridgehead atoms. The maximum absolute atomic E-state index is 9.50. The molecule has 2 unspecified atom stereocenters. The lowest BCUT2D eigenvalue weighted by molar-refractivity contribution is 0.328. The Hall–Kier alpha value is -2.00. The molecule has 2 rings (SSSR count). The molecular weight excluding hydrogens is 286 g/mol. The van der Waals surface area contributed by atoms with Gasteiger partial charge in [0, 0.05) is 6.54 Å². The van der Waals surface area contributed by atoms with Crippen molar-refractivity contribution >= 4 is 0 Å². The third-order valence-corrected chi connectivity index (χ3v) is 4.38. The zero-order chi connectivity index (χ0) is 16.7. The quantitative estimate of drug-likeness (QED) is 0.758. The van der Waals surface area contributed by atoms with Gasteiger partial charge in [-0.3, -0.25) is 0 Å². The summed E-state index contributed by atoms with van der Waals surface area (Å²) >= 11 is 0. The second-order valence-electron chi connectivity index (χ2n) is 5.83. The average molecular weight is 313 g/mol. The Kier molecular flexibility index (Phi) is 6.48. The van der Waals surface area contributed by atoms with Crippen molar-refractivity contribution in [3.05, 3.63) is 59.7 Å². The van der Waals surface area contributed by atoms with Crippen molar-refractivity contribution in [3.8, 4) is 11.5 Å². The van der Waals surface area contributed by atoms with E-state index in [2.05, 4.69) is 26.0 Å². The van der Waals surface area contributed by atoms with Crippen molar-refractivity contribution in [2.75, 3.05) is 13.2 Å². The summed E-state index contributed by atoms with van der Waals surface area (Å²) in [6.07, 6.45) is 2.14. The number of phenols is 1. The van der Waals surface area contributed by atoms with Gasteiger partial charge >= 0.3 is 0 Å². The molecule has 0 saturated carbocycles. The molecule has 0 saturated heterocycles. The Labute approximate surface area is 139 Å². The number of nitrogens with two attached hydrogens (primary N) is 1. The number of hydrogen-bond acceptors (Lipinski definition) is 3. The highest BCUT2D eigenvalue weighted by molar-refractivity contribution is 5.34. The van der Waals surface area contributed by atoms with Crippen LogP contribution in [0.2, 0.25) is 0 Å². The van der Waals surface area contributed by atoms with Crippen molar-refractivity contribution in [1.82, 2.24) is 0 Å². The molecule has 3 heteroatoms. The van der Waals surface area contributed by atoms with E-state index in [1.54, 1.807) is 12.1 Å². The monoisotopic (exact) mass is 313 g/mol. The fourth-order valence-electron chi connectivity index (χ4n) is 3.21. The molecular formula is C20H27NO2. The van der Waals surface area contributed by atoms with Crippen molar-refractivity contribution in [2.24, 2.45) is 5.73 Å². The van der Waals surface area contributed by atoms with Gasteiger partial charge in [0.15, 0.2) is 0 Å². The molecule has 0 aromatic heterocycles. The SMILES string of the molecule is CCC(c1ccc(O)cc1)C(CC)c1ccc(OCCN)cc1. The molecule has 0 aliphatic heterocycles. The maximum Gasteiger partial charge on any atom is 0.119 e. The first-order valence-corrected chi connectivity index (χ1v) is 8.41. The highest BCUT2D eigenvalue weighted by atomic mass is 16.5. The van der Waals surface area contributed by atoms with Gasteiger partial charge in [0.1, 0.15) is 18.1 Å². The lowest BCUT2D eigenvalue weighted by Crippen LogP contribution is -2.11. The van der Waals surface area contributed by atoms with E-state index in [4.69, 9.17) is 10.5 Å². The van der Waals surface area contributed by atoms with Crippen molar-refractivity contribution in [2.45, 2.75) is 38.5 Å². The van der Waals surface area contributed by atoms with Gasteiger partial charge < -0.3 is 15.6 Å². The van der Waals surface area contributed by atoms with E-state index in [0.29, 0.717) is 30.7 Å². The van der Waals surface area contributed by atoms with Gasteiger partial charge in [-0.1, -0.05) is 38.1 Å². The lowest BCUT2D eigenvalue weighted by Gasteiger charge is -2.26. The molecule has 124 valence electrons. The Morgan fingerprint density at radius 3 is 1.78 bits per heavy atom. The number of ether oxygens (including phenoxy) is 1. The Morgan fingerprint density at radius 2 is 1.35 bits per heavy atom. The molecule has 0 aliphatic carbocycles.